The Morgan fingerprint density at radius 3 is 2.42 bits per heavy atom. The molecule has 1 rings (SSSR count). The summed E-state index contributed by atoms with van der Waals surface area (Å²) in [4.78, 5) is 4.55. The molecule has 0 aliphatic heterocycles. The maximum Gasteiger partial charge on any atom is 0.231 e. The van der Waals surface area contributed by atoms with Crippen LogP contribution in [0.1, 0.15) is 64.8 Å². The number of likely N-dealkylation sites (N-methyl/N-ethyl adjacent to an activating group) is 1. The smallest absolute Gasteiger partial charge is 0.231 e. The van der Waals surface area contributed by atoms with Crippen molar-refractivity contribution in [3.63, 3.8) is 0 Å². The van der Waals surface area contributed by atoms with Gasteiger partial charge in [-0.2, -0.15) is 4.98 Å². The number of nitrogens with zero attached hydrogens (tertiary/aromatic N) is 2. The fraction of sp³-hybridized carbons (Fsp3) is 0.857. The number of ether oxygens (including phenoxy) is 1. The van der Waals surface area contributed by atoms with Gasteiger partial charge in [-0.3, -0.25) is 0 Å². The van der Waals surface area contributed by atoms with E-state index in [9.17, 15) is 0 Å². The van der Waals surface area contributed by atoms with E-state index in [0.29, 0.717) is 17.8 Å². The van der Waals surface area contributed by atoms with Crippen LogP contribution < -0.4 is 5.32 Å². The zero-order chi connectivity index (χ0) is 14.6. The molecule has 5 nitrogen and oxygen atoms in total. The second-order valence-electron chi connectivity index (χ2n) is 6.06. The first kappa shape index (κ1) is 16.1. The average molecular weight is 269 g/mol. The van der Waals surface area contributed by atoms with Gasteiger partial charge in [-0.25, -0.2) is 0 Å². The Morgan fingerprint density at radius 1 is 1.37 bits per heavy atom. The van der Waals surface area contributed by atoms with Gasteiger partial charge >= 0.3 is 0 Å². The van der Waals surface area contributed by atoms with Crippen molar-refractivity contribution in [3.8, 4) is 0 Å². The standard InChI is InChI=1S/C14H27N3O2/c1-8-10(9(2)15-6)13-16-12(17-19-13)11(18-7)14(3,4)5/h9-11,15H,8H2,1-7H3. The summed E-state index contributed by atoms with van der Waals surface area (Å²) in [5.74, 6) is 1.54. The van der Waals surface area contributed by atoms with E-state index in [-0.39, 0.29) is 17.4 Å². The summed E-state index contributed by atoms with van der Waals surface area (Å²) in [6, 6.07) is 0.300. The molecule has 19 heavy (non-hydrogen) atoms. The molecule has 1 N–H and O–H groups in total. The van der Waals surface area contributed by atoms with Crippen LogP contribution in [0.3, 0.4) is 0 Å². The Labute approximate surface area is 116 Å². The molecule has 1 heterocycles. The van der Waals surface area contributed by atoms with Gasteiger partial charge in [-0.05, 0) is 25.8 Å². The largest absolute Gasteiger partial charge is 0.373 e. The highest BCUT2D eigenvalue weighted by Gasteiger charge is 2.32. The summed E-state index contributed by atoms with van der Waals surface area (Å²) in [6.45, 7) is 10.6. The topological polar surface area (TPSA) is 60.2 Å². The van der Waals surface area contributed by atoms with E-state index in [2.05, 4.69) is 50.1 Å². The number of aromatic nitrogens is 2. The average Bonchev–Trinajstić information content (AvgIpc) is 2.78. The van der Waals surface area contributed by atoms with Crippen LogP contribution in [-0.2, 0) is 4.74 Å². The summed E-state index contributed by atoms with van der Waals surface area (Å²) in [6.07, 6.45) is 0.795. The van der Waals surface area contributed by atoms with E-state index in [1.54, 1.807) is 7.11 Å². The molecule has 0 spiro atoms. The van der Waals surface area contributed by atoms with Crippen molar-refractivity contribution in [2.75, 3.05) is 14.2 Å². The quantitative estimate of drug-likeness (QED) is 0.860. The Hall–Kier alpha value is -0.940. The van der Waals surface area contributed by atoms with Gasteiger partial charge in [0.15, 0.2) is 0 Å². The van der Waals surface area contributed by atoms with Gasteiger partial charge in [-0.1, -0.05) is 32.9 Å². The van der Waals surface area contributed by atoms with Gasteiger partial charge in [0.25, 0.3) is 0 Å². The lowest BCUT2D eigenvalue weighted by molar-refractivity contribution is 0.00718. The van der Waals surface area contributed by atoms with Crippen LogP contribution in [0.25, 0.3) is 0 Å². The molecule has 0 saturated heterocycles. The second kappa shape index (κ2) is 6.48. The molecule has 0 radical (unpaired) electrons. The molecule has 3 unspecified atom stereocenters. The van der Waals surface area contributed by atoms with Crippen molar-refractivity contribution >= 4 is 0 Å². The van der Waals surface area contributed by atoms with Crippen molar-refractivity contribution in [3.05, 3.63) is 11.7 Å². The van der Waals surface area contributed by atoms with Crippen molar-refractivity contribution in [1.29, 1.82) is 0 Å². The first-order valence-electron chi connectivity index (χ1n) is 6.88. The maximum atomic E-state index is 5.51. The van der Waals surface area contributed by atoms with E-state index in [0.717, 1.165) is 6.42 Å². The minimum Gasteiger partial charge on any atom is -0.373 e. The molecular formula is C14H27N3O2. The van der Waals surface area contributed by atoms with Crippen LogP contribution in [0.4, 0.5) is 0 Å². The third-order valence-corrected chi connectivity index (χ3v) is 3.53. The van der Waals surface area contributed by atoms with Crippen LogP contribution in [-0.4, -0.2) is 30.3 Å². The summed E-state index contributed by atoms with van der Waals surface area (Å²) in [5, 5.41) is 7.34. The van der Waals surface area contributed by atoms with Gasteiger partial charge in [0.1, 0.15) is 6.10 Å². The van der Waals surface area contributed by atoms with Gasteiger partial charge in [-0.15, -0.1) is 0 Å². The minimum atomic E-state index is -0.160. The van der Waals surface area contributed by atoms with Gasteiger partial charge in [0, 0.05) is 13.2 Å². The summed E-state index contributed by atoms with van der Waals surface area (Å²) in [7, 11) is 3.62. The van der Waals surface area contributed by atoms with Crippen LogP contribution in [0, 0.1) is 5.41 Å². The first-order valence-corrected chi connectivity index (χ1v) is 6.88. The van der Waals surface area contributed by atoms with Crippen molar-refractivity contribution in [1.82, 2.24) is 15.5 Å². The fourth-order valence-corrected chi connectivity index (χ4v) is 2.29. The lowest BCUT2D eigenvalue weighted by Gasteiger charge is -2.26. The molecule has 1 aromatic rings. The lowest BCUT2D eigenvalue weighted by atomic mass is 9.88. The van der Waals surface area contributed by atoms with Crippen LogP contribution in [0.2, 0.25) is 0 Å². The number of hydrogen-bond acceptors (Lipinski definition) is 5. The Kier molecular flexibility index (Phi) is 5.50. The normalized spacial score (nSPS) is 17.2. The molecule has 3 atom stereocenters. The minimum absolute atomic E-state index is 0.0633. The van der Waals surface area contributed by atoms with E-state index >= 15 is 0 Å². The summed E-state index contributed by atoms with van der Waals surface area (Å²) < 4.78 is 11.0. The molecule has 0 aromatic carbocycles. The summed E-state index contributed by atoms with van der Waals surface area (Å²) in [5.41, 5.74) is -0.0633. The third kappa shape index (κ3) is 3.76. The number of rotatable bonds is 6. The SMILES string of the molecule is CCC(c1nc(C(OC)C(C)(C)C)no1)C(C)NC. The third-order valence-electron chi connectivity index (χ3n) is 3.53. The van der Waals surface area contributed by atoms with Gasteiger partial charge in [0.05, 0.1) is 5.92 Å². The molecule has 0 fully saturated rings. The Bertz CT molecular complexity index is 384. The Morgan fingerprint density at radius 2 is 2.00 bits per heavy atom. The highest BCUT2D eigenvalue weighted by Crippen LogP contribution is 2.34. The highest BCUT2D eigenvalue weighted by molar-refractivity contribution is 5.02. The lowest BCUT2D eigenvalue weighted by Crippen LogP contribution is -2.29. The predicted molar refractivity (Wildman–Crippen MR) is 75.1 cm³/mol. The zero-order valence-electron chi connectivity index (χ0n) is 13.2. The van der Waals surface area contributed by atoms with E-state index in [1.165, 1.54) is 0 Å². The Balaban J connectivity index is 2.98. The molecule has 0 bridgehead atoms. The first-order chi connectivity index (χ1) is 8.85. The maximum absolute atomic E-state index is 5.51. The predicted octanol–water partition coefficient (Wildman–Crippen LogP) is 2.90. The van der Waals surface area contributed by atoms with Crippen molar-refractivity contribution in [2.24, 2.45) is 5.41 Å². The van der Waals surface area contributed by atoms with Crippen LogP contribution in [0.15, 0.2) is 4.52 Å². The molecule has 0 saturated carbocycles. The summed E-state index contributed by atoms with van der Waals surface area (Å²) >= 11 is 0. The van der Waals surface area contributed by atoms with Gasteiger partial charge < -0.3 is 14.6 Å². The molecule has 1 aromatic heterocycles. The number of methoxy groups -OCH3 is 1. The van der Waals surface area contributed by atoms with Crippen LogP contribution >= 0.6 is 0 Å². The number of hydrogen-bond donors (Lipinski definition) is 1. The van der Waals surface area contributed by atoms with E-state index < -0.39 is 0 Å². The molecule has 110 valence electrons. The van der Waals surface area contributed by atoms with E-state index in [1.807, 2.05) is 7.05 Å². The molecule has 5 heteroatoms. The zero-order valence-corrected chi connectivity index (χ0v) is 13.2. The second-order valence-corrected chi connectivity index (χ2v) is 6.06. The van der Waals surface area contributed by atoms with Crippen molar-refractivity contribution in [2.45, 2.75) is 59.1 Å². The van der Waals surface area contributed by atoms with Crippen molar-refractivity contribution < 1.29 is 9.26 Å². The van der Waals surface area contributed by atoms with Gasteiger partial charge in [0.2, 0.25) is 11.7 Å². The molecule has 0 aliphatic rings. The monoisotopic (exact) mass is 269 g/mol. The molecular weight excluding hydrogens is 242 g/mol. The highest BCUT2D eigenvalue weighted by atomic mass is 16.5. The van der Waals surface area contributed by atoms with E-state index in [4.69, 9.17) is 9.26 Å². The number of nitrogens with one attached hydrogen (secondary N) is 1. The fourth-order valence-electron chi connectivity index (χ4n) is 2.29. The van der Waals surface area contributed by atoms with Crippen LogP contribution in [0.5, 0.6) is 0 Å². The molecule has 0 aliphatic carbocycles. The molecule has 0 amide bonds.